The minimum atomic E-state index is -0.375. The van der Waals surface area contributed by atoms with Crippen LogP contribution in [0, 0.1) is 13.8 Å². The molecule has 0 radical (unpaired) electrons. The number of aryl methyl sites for hydroxylation is 2. The van der Waals surface area contributed by atoms with Gasteiger partial charge >= 0.3 is 5.97 Å². The van der Waals surface area contributed by atoms with Crippen LogP contribution in [0.2, 0.25) is 0 Å². The summed E-state index contributed by atoms with van der Waals surface area (Å²) in [5.41, 5.74) is 1.28. The van der Waals surface area contributed by atoms with Crippen molar-refractivity contribution in [3.63, 3.8) is 0 Å². The number of para-hydroxylation sites is 1. The van der Waals surface area contributed by atoms with Gasteiger partial charge in [0, 0.05) is 6.54 Å². The molecule has 3 rings (SSSR count). The lowest BCUT2D eigenvalue weighted by atomic mass is 10.2. The highest BCUT2D eigenvalue weighted by molar-refractivity contribution is 7.98. The summed E-state index contributed by atoms with van der Waals surface area (Å²) in [7, 11) is 1.33. The monoisotopic (exact) mass is 373 g/mol. The average Bonchev–Trinajstić information content (AvgIpc) is 2.97. The molecule has 8 heteroatoms. The third-order valence-corrected chi connectivity index (χ3v) is 4.95. The van der Waals surface area contributed by atoms with Gasteiger partial charge in [-0.3, -0.25) is 14.2 Å². The second kappa shape index (κ2) is 7.74. The first kappa shape index (κ1) is 18.2. The molecule has 0 aliphatic heterocycles. The van der Waals surface area contributed by atoms with Crippen LogP contribution < -0.4 is 5.56 Å². The first-order chi connectivity index (χ1) is 12.5. The van der Waals surface area contributed by atoms with Gasteiger partial charge in [-0.1, -0.05) is 23.9 Å². The molecule has 0 aliphatic carbocycles. The number of methoxy groups -OCH3 is 1. The standard InChI is InChI=1S/C18H19N3O4S/c1-11-12(2)25-15(19-11)10-26-18-20-14-7-5-4-6-13(14)17(23)21(18)9-8-16(22)24-3/h4-7H,8-10H2,1-3H3. The van der Waals surface area contributed by atoms with Crippen LogP contribution in [0.3, 0.4) is 0 Å². The number of carbonyl (C=O) groups is 1. The van der Waals surface area contributed by atoms with Gasteiger partial charge in [-0.2, -0.15) is 0 Å². The van der Waals surface area contributed by atoms with Crippen LogP contribution in [-0.4, -0.2) is 27.6 Å². The van der Waals surface area contributed by atoms with E-state index in [9.17, 15) is 9.59 Å². The number of hydrogen-bond donors (Lipinski definition) is 0. The Labute approximate surface area is 154 Å². The average molecular weight is 373 g/mol. The fourth-order valence-corrected chi connectivity index (χ4v) is 3.36. The molecule has 0 saturated carbocycles. The minimum absolute atomic E-state index is 0.0984. The van der Waals surface area contributed by atoms with Gasteiger partial charge < -0.3 is 9.15 Å². The molecule has 0 amide bonds. The maximum absolute atomic E-state index is 12.8. The van der Waals surface area contributed by atoms with E-state index in [-0.39, 0.29) is 24.5 Å². The van der Waals surface area contributed by atoms with Crippen molar-refractivity contribution in [2.45, 2.75) is 37.7 Å². The smallest absolute Gasteiger partial charge is 0.307 e. The Hall–Kier alpha value is -2.61. The van der Waals surface area contributed by atoms with E-state index in [4.69, 9.17) is 4.42 Å². The number of esters is 1. The van der Waals surface area contributed by atoms with E-state index in [1.165, 1.54) is 23.4 Å². The lowest BCUT2D eigenvalue weighted by Crippen LogP contribution is -2.24. The summed E-state index contributed by atoms with van der Waals surface area (Å²) in [6, 6.07) is 7.16. The summed E-state index contributed by atoms with van der Waals surface area (Å²) >= 11 is 1.35. The van der Waals surface area contributed by atoms with Crippen molar-refractivity contribution in [2.24, 2.45) is 0 Å². The number of fused-ring (bicyclic) bond motifs is 1. The summed E-state index contributed by atoms with van der Waals surface area (Å²) < 4.78 is 11.8. The highest BCUT2D eigenvalue weighted by Crippen LogP contribution is 2.23. The molecule has 0 saturated heterocycles. The Morgan fingerprint density at radius 2 is 2.04 bits per heavy atom. The predicted octanol–water partition coefficient (Wildman–Crippen LogP) is 2.86. The highest BCUT2D eigenvalue weighted by Gasteiger charge is 2.15. The number of nitrogens with zero attached hydrogens (tertiary/aromatic N) is 3. The van der Waals surface area contributed by atoms with Crippen molar-refractivity contribution < 1.29 is 13.9 Å². The van der Waals surface area contributed by atoms with E-state index >= 15 is 0 Å². The first-order valence-electron chi connectivity index (χ1n) is 8.11. The first-order valence-corrected chi connectivity index (χ1v) is 9.10. The number of ether oxygens (including phenoxy) is 1. The number of aromatic nitrogens is 3. The Kier molecular flexibility index (Phi) is 5.41. The molecule has 136 valence electrons. The maximum atomic E-state index is 12.8. The fourth-order valence-electron chi connectivity index (χ4n) is 2.49. The number of rotatable bonds is 6. The topological polar surface area (TPSA) is 87.2 Å². The maximum Gasteiger partial charge on any atom is 0.307 e. The van der Waals surface area contributed by atoms with Crippen LogP contribution in [-0.2, 0) is 21.8 Å². The van der Waals surface area contributed by atoms with Gasteiger partial charge in [-0.15, -0.1) is 0 Å². The third kappa shape index (κ3) is 3.80. The van der Waals surface area contributed by atoms with E-state index in [0.29, 0.717) is 27.7 Å². The van der Waals surface area contributed by atoms with Crippen molar-refractivity contribution in [1.82, 2.24) is 14.5 Å². The van der Waals surface area contributed by atoms with Crippen LogP contribution in [0.5, 0.6) is 0 Å². The SMILES string of the molecule is COC(=O)CCn1c(SCc2nc(C)c(C)o2)nc2ccccc2c1=O. The van der Waals surface area contributed by atoms with Gasteiger partial charge in [-0.25, -0.2) is 9.97 Å². The molecule has 3 aromatic rings. The molecular formula is C18H19N3O4S. The van der Waals surface area contributed by atoms with Crippen LogP contribution in [0.15, 0.2) is 38.6 Å². The van der Waals surface area contributed by atoms with Gasteiger partial charge in [0.2, 0.25) is 5.89 Å². The Balaban J connectivity index is 1.95. The number of thioether (sulfide) groups is 1. The van der Waals surface area contributed by atoms with Gasteiger partial charge in [0.15, 0.2) is 5.16 Å². The van der Waals surface area contributed by atoms with Crippen LogP contribution >= 0.6 is 11.8 Å². The summed E-state index contributed by atoms with van der Waals surface area (Å²) in [5.74, 6) is 1.42. The molecule has 0 bridgehead atoms. The number of hydrogen-bond acceptors (Lipinski definition) is 7. The van der Waals surface area contributed by atoms with Crippen molar-refractivity contribution in [2.75, 3.05) is 7.11 Å². The van der Waals surface area contributed by atoms with Crippen molar-refractivity contribution >= 4 is 28.6 Å². The molecule has 2 aromatic heterocycles. The molecule has 26 heavy (non-hydrogen) atoms. The summed E-state index contributed by atoms with van der Waals surface area (Å²) in [6.45, 7) is 3.94. The van der Waals surface area contributed by atoms with Gasteiger partial charge in [0.25, 0.3) is 5.56 Å². The zero-order valence-electron chi connectivity index (χ0n) is 14.8. The molecule has 1 aromatic carbocycles. The van der Waals surface area contributed by atoms with E-state index in [2.05, 4.69) is 14.7 Å². The second-order valence-electron chi connectivity index (χ2n) is 5.73. The summed E-state index contributed by atoms with van der Waals surface area (Å²) in [6.07, 6.45) is 0.0984. The van der Waals surface area contributed by atoms with Gasteiger partial charge in [0.05, 0.1) is 35.9 Å². The highest BCUT2D eigenvalue weighted by atomic mass is 32.2. The zero-order valence-corrected chi connectivity index (χ0v) is 15.6. The fraction of sp³-hybridized carbons (Fsp3) is 0.333. The van der Waals surface area contributed by atoms with Crippen molar-refractivity contribution in [3.8, 4) is 0 Å². The molecule has 7 nitrogen and oxygen atoms in total. The van der Waals surface area contributed by atoms with Crippen molar-refractivity contribution in [3.05, 3.63) is 52.0 Å². The quantitative estimate of drug-likeness (QED) is 0.373. The number of carbonyl (C=O) groups excluding carboxylic acids is 1. The zero-order chi connectivity index (χ0) is 18.7. The molecule has 0 atom stereocenters. The molecule has 2 heterocycles. The summed E-state index contributed by atoms with van der Waals surface area (Å²) in [4.78, 5) is 33.3. The normalized spacial score (nSPS) is 11.0. The Bertz CT molecular complexity index is 990. The molecular weight excluding hydrogens is 354 g/mol. The van der Waals surface area contributed by atoms with E-state index in [1.54, 1.807) is 18.2 Å². The second-order valence-corrected chi connectivity index (χ2v) is 6.67. The lowest BCUT2D eigenvalue weighted by Gasteiger charge is -2.12. The van der Waals surface area contributed by atoms with Crippen molar-refractivity contribution in [1.29, 1.82) is 0 Å². The van der Waals surface area contributed by atoms with Crippen LogP contribution in [0.4, 0.5) is 0 Å². The van der Waals surface area contributed by atoms with E-state index in [1.807, 2.05) is 19.9 Å². The van der Waals surface area contributed by atoms with Crippen LogP contribution in [0.1, 0.15) is 23.8 Å². The third-order valence-electron chi connectivity index (χ3n) is 3.99. The number of oxazole rings is 1. The molecule has 0 unspecified atom stereocenters. The summed E-state index contributed by atoms with van der Waals surface area (Å²) in [5, 5.41) is 1.04. The molecule has 0 aliphatic rings. The Morgan fingerprint density at radius 1 is 1.27 bits per heavy atom. The van der Waals surface area contributed by atoms with Gasteiger partial charge in [0.1, 0.15) is 5.76 Å². The molecule has 0 spiro atoms. The van der Waals surface area contributed by atoms with Crippen LogP contribution in [0.25, 0.3) is 10.9 Å². The minimum Gasteiger partial charge on any atom is -0.469 e. The number of benzene rings is 1. The Morgan fingerprint density at radius 3 is 2.73 bits per heavy atom. The van der Waals surface area contributed by atoms with E-state index < -0.39 is 0 Å². The predicted molar refractivity (Wildman–Crippen MR) is 98.2 cm³/mol. The molecule has 0 N–H and O–H groups in total. The largest absolute Gasteiger partial charge is 0.469 e. The van der Waals surface area contributed by atoms with E-state index in [0.717, 1.165) is 11.5 Å². The lowest BCUT2D eigenvalue weighted by molar-refractivity contribution is -0.140. The van der Waals surface area contributed by atoms with Gasteiger partial charge in [-0.05, 0) is 26.0 Å². The molecule has 0 fully saturated rings.